The molecular formula is C12H24F3N3. The lowest BCUT2D eigenvalue weighted by molar-refractivity contribution is -0.146. The first kappa shape index (κ1) is 15.7. The van der Waals surface area contributed by atoms with Crippen molar-refractivity contribution < 1.29 is 13.2 Å². The summed E-state index contributed by atoms with van der Waals surface area (Å²) in [5.41, 5.74) is 0. The van der Waals surface area contributed by atoms with Crippen molar-refractivity contribution in [3.63, 3.8) is 0 Å². The number of rotatable bonds is 7. The molecule has 0 radical (unpaired) electrons. The number of nitrogens with zero attached hydrogens (tertiary/aromatic N) is 2. The normalized spacial score (nSPS) is 18.5. The summed E-state index contributed by atoms with van der Waals surface area (Å²) < 4.78 is 37.3. The average Bonchev–Trinajstić information content (AvgIpc) is 2.32. The summed E-state index contributed by atoms with van der Waals surface area (Å²) in [5.74, 6) is 0. The molecule has 0 unspecified atom stereocenters. The summed E-state index contributed by atoms with van der Waals surface area (Å²) in [6, 6.07) is 0. The van der Waals surface area contributed by atoms with Crippen LogP contribution in [0.3, 0.4) is 0 Å². The fourth-order valence-electron chi connectivity index (χ4n) is 2.26. The second-order valence-corrected chi connectivity index (χ2v) is 4.90. The number of piperidine rings is 1. The number of halogens is 3. The van der Waals surface area contributed by atoms with Gasteiger partial charge >= 0.3 is 6.18 Å². The molecule has 1 fully saturated rings. The first-order valence-electron chi connectivity index (χ1n) is 6.67. The molecule has 0 aromatic rings. The van der Waals surface area contributed by atoms with E-state index in [1.807, 2.05) is 0 Å². The molecule has 0 amide bonds. The quantitative estimate of drug-likeness (QED) is 0.755. The van der Waals surface area contributed by atoms with E-state index in [1.54, 1.807) is 7.05 Å². The highest BCUT2D eigenvalue weighted by molar-refractivity contribution is 4.70. The van der Waals surface area contributed by atoms with E-state index in [9.17, 15) is 13.2 Å². The van der Waals surface area contributed by atoms with Gasteiger partial charge in [0.2, 0.25) is 0 Å². The molecule has 1 saturated heterocycles. The van der Waals surface area contributed by atoms with Gasteiger partial charge in [-0.2, -0.15) is 13.2 Å². The van der Waals surface area contributed by atoms with Gasteiger partial charge in [-0.15, -0.1) is 0 Å². The molecule has 108 valence electrons. The van der Waals surface area contributed by atoms with Crippen LogP contribution in [-0.4, -0.2) is 68.8 Å². The van der Waals surface area contributed by atoms with Crippen LogP contribution in [0.5, 0.6) is 0 Å². The number of likely N-dealkylation sites (tertiary alicyclic amines) is 1. The zero-order valence-corrected chi connectivity index (χ0v) is 11.1. The zero-order chi connectivity index (χ0) is 13.4. The van der Waals surface area contributed by atoms with Crippen molar-refractivity contribution >= 4 is 0 Å². The summed E-state index contributed by atoms with van der Waals surface area (Å²) in [6.07, 6.45) is -0.496. The van der Waals surface area contributed by atoms with Crippen LogP contribution in [0.25, 0.3) is 0 Å². The summed E-state index contributed by atoms with van der Waals surface area (Å²) in [4.78, 5) is 3.76. The Bertz CT molecular complexity index is 215. The van der Waals surface area contributed by atoms with Crippen molar-refractivity contribution in [1.82, 2.24) is 15.1 Å². The second-order valence-electron chi connectivity index (χ2n) is 4.90. The lowest BCUT2D eigenvalue weighted by Gasteiger charge is -2.30. The molecule has 1 heterocycles. The lowest BCUT2D eigenvalue weighted by atomic mass is 10.1. The first-order valence-corrected chi connectivity index (χ1v) is 6.67. The van der Waals surface area contributed by atoms with Gasteiger partial charge in [-0.05, 0) is 33.0 Å². The van der Waals surface area contributed by atoms with Gasteiger partial charge in [0.25, 0.3) is 0 Å². The number of likely N-dealkylation sites (N-methyl/N-ethyl adjacent to an activating group) is 1. The Morgan fingerprint density at radius 3 is 2.33 bits per heavy atom. The first-order chi connectivity index (χ1) is 8.51. The largest absolute Gasteiger partial charge is 0.401 e. The Labute approximate surface area is 107 Å². The Kier molecular flexibility index (Phi) is 6.96. The van der Waals surface area contributed by atoms with Crippen molar-refractivity contribution in [2.24, 2.45) is 0 Å². The highest BCUT2D eigenvalue weighted by Gasteiger charge is 2.30. The predicted molar refractivity (Wildman–Crippen MR) is 66.7 cm³/mol. The van der Waals surface area contributed by atoms with Gasteiger partial charge in [-0.25, -0.2) is 0 Å². The summed E-state index contributed by atoms with van der Waals surface area (Å²) in [7, 11) is 1.76. The Balaban J connectivity index is 2.29. The summed E-state index contributed by atoms with van der Waals surface area (Å²) in [5, 5.41) is 2.90. The van der Waals surface area contributed by atoms with Gasteiger partial charge in [0, 0.05) is 26.2 Å². The van der Waals surface area contributed by atoms with E-state index in [0.29, 0.717) is 19.6 Å². The van der Waals surface area contributed by atoms with E-state index in [2.05, 4.69) is 10.2 Å². The minimum Gasteiger partial charge on any atom is -0.318 e. The van der Waals surface area contributed by atoms with Crippen molar-refractivity contribution in [3.05, 3.63) is 0 Å². The van der Waals surface area contributed by atoms with E-state index in [0.717, 1.165) is 19.6 Å². The molecule has 0 spiro atoms. The van der Waals surface area contributed by atoms with Crippen LogP contribution < -0.4 is 5.32 Å². The molecule has 1 aliphatic heterocycles. The van der Waals surface area contributed by atoms with Gasteiger partial charge < -0.3 is 10.2 Å². The van der Waals surface area contributed by atoms with Gasteiger partial charge in [0.05, 0.1) is 6.54 Å². The van der Waals surface area contributed by atoms with Gasteiger partial charge in [-0.3, -0.25) is 4.90 Å². The molecule has 0 bridgehead atoms. The van der Waals surface area contributed by atoms with Gasteiger partial charge in [-0.1, -0.05) is 6.42 Å². The highest BCUT2D eigenvalue weighted by atomic mass is 19.4. The molecule has 0 saturated carbocycles. The van der Waals surface area contributed by atoms with Crippen LogP contribution >= 0.6 is 0 Å². The highest BCUT2D eigenvalue weighted by Crippen LogP contribution is 2.16. The van der Waals surface area contributed by atoms with Crippen LogP contribution in [-0.2, 0) is 0 Å². The smallest absolute Gasteiger partial charge is 0.318 e. The maximum Gasteiger partial charge on any atom is 0.401 e. The maximum absolute atomic E-state index is 12.4. The Hall–Kier alpha value is -0.330. The molecule has 18 heavy (non-hydrogen) atoms. The number of hydrogen-bond donors (Lipinski definition) is 1. The molecule has 6 heteroatoms. The Morgan fingerprint density at radius 1 is 1.11 bits per heavy atom. The topological polar surface area (TPSA) is 18.5 Å². The third-order valence-electron chi connectivity index (χ3n) is 3.26. The Morgan fingerprint density at radius 2 is 1.78 bits per heavy atom. The van der Waals surface area contributed by atoms with Gasteiger partial charge in [0.1, 0.15) is 0 Å². The fraction of sp³-hybridized carbons (Fsp3) is 1.00. The minimum atomic E-state index is -4.10. The number of hydrogen-bond acceptors (Lipinski definition) is 3. The van der Waals surface area contributed by atoms with Crippen LogP contribution in [0.1, 0.15) is 19.3 Å². The number of nitrogens with one attached hydrogen (secondary N) is 1. The van der Waals surface area contributed by atoms with E-state index < -0.39 is 12.7 Å². The fourth-order valence-corrected chi connectivity index (χ4v) is 2.26. The van der Waals surface area contributed by atoms with Crippen LogP contribution in [0.4, 0.5) is 13.2 Å². The third kappa shape index (κ3) is 7.18. The third-order valence-corrected chi connectivity index (χ3v) is 3.26. The van der Waals surface area contributed by atoms with Crippen LogP contribution in [0.15, 0.2) is 0 Å². The standard InChI is InChI=1S/C12H24F3N3/c1-16-5-8-18(11-12(13,14)15)10-9-17-6-3-2-4-7-17/h16H,2-11H2,1H3. The molecule has 1 aliphatic rings. The van der Waals surface area contributed by atoms with Crippen LogP contribution in [0.2, 0.25) is 0 Å². The monoisotopic (exact) mass is 267 g/mol. The minimum absolute atomic E-state index is 0.448. The van der Waals surface area contributed by atoms with E-state index >= 15 is 0 Å². The molecule has 0 aromatic heterocycles. The van der Waals surface area contributed by atoms with E-state index in [-0.39, 0.29) is 0 Å². The van der Waals surface area contributed by atoms with Crippen molar-refractivity contribution in [2.45, 2.75) is 25.4 Å². The lowest BCUT2D eigenvalue weighted by Crippen LogP contribution is -2.43. The summed E-state index contributed by atoms with van der Waals surface area (Å²) in [6.45, 7) is 3.56. The predicted octanol–water partition coefficient (Wildman–Crippen LogP) is 1.56. The average molecular weight is 267 g/mol. The van der Waals surface area contributed by atoms with Gasteiger partial charge in [0.15, 0.2) is 0 Å². The van der Waals surface area contributed by atoms with Crippen molar-refractivity contribution in [2.75, 3.05) is 52.9 Å². The molecule has 1 rings (SSSR count). The zero-order valence-electron chi connectivity index (χ0n) is 11.1. The van der Waals surface area contributed by atoms with Crippen molar-refractivity contribution in [3.8, 4) is 0 Å². The molecule has 3 nitrogen and oxygen atoms in total. The molecule has 0 aliphatic carbocycles. The second kappa shape index (κ2) is 7.96. The molecule has 1 N–H and O–H groups in total. The molecular weight excluding hydrogens is 243 g/mol. The van der Waals surface area contributed by atoms with Crippen LogP contribution in [0, 0.1) is 0 Å². The van der Waals surface area contributed by atoms with E-state index in [4.69, 9.17) is 0 Å². The SMILES string of the molecule is CNCCN(CCN1CCCCC1)CC(F)(F)F. The molecule has 0 aromatic carbocycles. The summed E-state index contributed by atoms with van der Waals surface area (Å²) >= 11 is 0. The molecule has 0 atom stereocenters. The maximum atomic E-state index is 12.4. The number of alkyl halides is 3. The van der Waals surface area contributed by atoms with E-state index in [1.165, 1.54) is 24.2 Å². The van der Waals surface area contributed by atoms with Crippen molar-refractivity contribution in [1.29, 1.82) is 0 Å².